The Labute approximate surface area is 138 Å². The molecule has 1 aromatic rings. The first-order valence-electron chi connectivity index (χ1n) is 6.55. The van der Waals surface area contributed by atoms with Gasteiger partial charge in [0.25, 0.3) is 5.91 Å². The Kier molecular flexibility index (Phi) is 5.00. The van der Waals surface area contributed by atoms with E-state index in [0.29, 0.717) is 16.0 Å². The molecule has 2 heterocycles. The summed E-state index contributed by atoms with van der Waals surface area (Å²) in [6.07, 6.45) is 2.27. The number of nitrogens with zero attached hydrogens (tertiary/aromatic N) is 1. The topological polar surface area (TPSA) is 32.3 Å². The molecule has 110 valence electrons. The third-order valence-electron chi connectivity index (χ3n) is 4.22. The zero-order valence-corrected chi connectivity index (χ0v) is 14.2. The molecule has 1 N–H and O–H groups in total. The molecule has 2 saturated heterocycles. The lowest BCUT2D eigenvalue weighted by Gasteiger charge is -2.23. The van der Waals surface area contributed by atoms with Crippen molar-refractivity contribution in [3.05, 3.63) is 33.3 Å². The maximum atomic E-state index is 12.5. The Bertz CT molecular complexity index is 518. The Morgan fingerprint density at radius 2 is 2.20 bits per heavy atom. The summed E-state index contributed by atoms with van der Waals surface area (Å²) in [6.45, 7) is 3.80. The van der Waals surface area contributed by atoms with Gasteiger partial charge in [0.2, 0.25) is 0 Å². The van der Waals surface area contributed by atoms with E-state index in [4.69, 9.17) is 11.6 Å². The van der Waals surface area contributed by atoms with E-state index in [9.17, 15) is 4.79 Å². The van der Waals surface area contributed by atoms with Crippen molar-refractivity contribution in [1.29, 1.82) is 0 Å². The van der Waals surface area contributed by atoms with E-state index in [0.717, 1.165) is 37.1 Å². The molecule has 3 nitrogen and oxygen atoms in total. The van der Waals surface area contributed by atoms with Crippen LogP contribution in [0.4, 0.5) is 0 Å². The van der Waals surface area contributed by atoms with Crippen molar-refractivity contribution in [1.82, 2.24) is 10.2 Å². The Balaban J connectivity index is 0.00000147. The van der Waals surface area contributed by atoms with Crippen LogP contribution in [0, 0.1) is 5.41 Å². The quantitative estimate of drug-likeness (QED) is 0.811. The van der Waals surface area contributed by atoms with Crippen molar-refractivity contribution < 1.29 is 4.79 Å². The molecule has 0 bridgehead atoms. The average molecular weight is 380 g/mol. The number of hydrogen-bond acceptors (Lipinski definition) is 2. The lowest BCUT2D eigenvalue weighted by Crippen LogP contribution is -2.33. The summed E-state index contributed by atoms with van der Waals surface area (Å²) in [4.78, 5) is 14.5. The molecule has 20 heavy (non-hydrogen) atoms. The van der Waals surface area contributed by atoms with Crippen LogP contribution < -0.4 is 5.32 Å². The molecule has 2 fully saturated rings. The number of hydrogen-bond donors (Lipinski definition) is 1. The summed E-state index contributed by atoms with van der Waals surface area (Å²) in [5.41, 5.74) is 0.908. The molecule has 1 unspecified atom stereocenters. The molecule has 1 spiro atoms. The molecular formula is C14H17BrCl2N2O. The van der Waals surface area contributed by atoms with Crippen LogP contribution in [0.15, 0.2) is 22.7 Å². The monoisotopic (exact) mass is 378 g/mol. The molecule has 2 aliphatic heterocycles. The minimum absolute atomic E-state index is 0. The van der Waals surface area contributed by atoms with E-state index < -0.39 is 0 Å². The summed E-state index contributed by atoms with van der Waals surface area (Å²) in [5, 5.41) is 3.92. The van der Waals surface area contributed by atoms with Crippen LogP contribution in [0.25, 0.3) is 0 Å². The second-order valence-corrected chi connectivity index (χ2v) is 6.85. The normalized spacial score (nSPS) is 25.0. The molecule has 6 heteroatoms. The SMILES string of the molecule is Cl.O=C(c1ccc(Br)cc1Cl)N1CCC2(CCNC2)C1. The van der Waals surface area contributed by atoms with Gasteiger partial charge in [0.1, 0.15) is 0 Å². The number of amides is 1. The van der Waals surface area contributed by atoms with Crippen LogP contribution in [0.2, 0.25) is 5.02 Å². The Morgan fingerprint density at radius 1 is 1.40 bits per heavy atom. The van der Waals surface area contributed by atoms with Crippen LogP contribution in [-0.2, 0) is 0 Å². The highest BCUT2D eigenvalue weighted by molar-refractivity contribution is 9.10. The highest BCUT2D eigenvalue weighted by Crippen LogP contribution is 2.37. The highest BCUT2D eigenvalue weighted by atomic mass is 79.9. The number of halogens is 3. The van der Waals surface area contributed by atoms with Crippen LogP contribution >= 0.6 is 39.9 Å². The lowest BCUT2D eigenvalue weighted by atomic mass is 9.86. The second-order valence-electron chi connectivity index (χ2n) is 5.53. The third kappa shape index (κ3) is 2.98. The van der Waals surface area contributed by atoms with E-state index in [1.807, 2.05) is 11.0 Å². The first-order valence-corrected chi connectivity index (χ1v) is 7.72. The zero-order valence-electron chi connectivity index (χ0n) is 11.0. The van der Waals surface area contributed by atoms with Gasteiger partial charge in [0, 0.05) is 29.5 Å². The molecule has 3 rings (SSSR count). The van der Waals surface area contributed by atoms with Gasteiger partial charge in [-0.2, -0.15) is 0 Å². The van der Waals surface area contributed by atoms with Gasteiger partial charge in [-0.25, -0.2) is 0 Å². The van der Waals surface area contributed by atoms with E-state index in [1.165, 1.54) is 6.42 Å². The number of nitrogens with one attached hydrogen (secondary N) is 1. The summed E-state index contributed by atoms with van der Waals surface area (Å²) in [6, 6.07) is 5.44. The number of carbonyl (C=O) groups excluding carboxylic acids is 1. The number of carbonyl (C=O) groups is 1. The van der Waals surface area contributed by atoms with Crippen molar-refractivity contribution >= 4 is 45.8 Å². The number of likely N-dealkylation sites (tertiary alicyclic amines) is 1. The molecular weight excluding hydrogens is 363 g/mol. The summed E-state index contributed by atoms with van der Waals surface area (Å²) in [5.74, 6) is 0.0567. The number of benzene rings is 1. The first kappa shape index (κ1) is 16.1. The van der Waals surface area contributed by atoms with Gasteiger partial charge in [0.15, 0.2) is 0 Å². The standard InChI is InChI=1S/C14H16BrClN2O.ClH/c15-10-1-2-11(12(16)7-10)13(19)18-6-4-14(9-18)3-5-17-8-14;/h1-2,7,17H,3-6,8-9H2;1H. The predicted octanol–water partition coefficient (Wildman–Crippen LogP) is 3.35. The van der Waals surface area contributed by atoms with Gasteiger partial charge in [0.05, 0.1) is 10.6 Å². The van der Waals surface area contributed by atoms with Crippen LogP contribution in [0.1, 0.15) is 23.2 Å². The van der Waals surface area contributed by atoms with E-state index in [-0.39, 0.29) is 18.3 Å². The van der Waals surface area contributed by atoms with Crippen LogP contribution in [0.5, 0.6) is 0 Å². The van der Waals surface area contributed by atoms with Gasteiger partial charge < -0.3 is 10.2 Å². The highest BCUT2D eigenvalue weighted by Gasteiger charge is 2.42. The van der Waals surface area contributed by atoms with Gasteiger partial charge in [-0.1, -0.05) is 27.5 Å². The van der Waals surface area contributed by atoms with Crippen molar-refractivity contribution in [2.75, 3.05) is 26.2 Å². The molecule has 0 aliphatic carbocycles. The van der Waals surface area contributed by atoms with Crippen molar-refractivity contribution in [3.63, 3.8) is 0 Å². The summed E-state index contributed by atoms with van der Waals surface area (Å²) < 4.78 is 0.895. The largest absolute Gasteiger partial charge is 0.338 e. The third-order valence-corrected chi connectivity index (χ3v) is 5.03. The maximum absolute atomic E-state index is 12.5. The fraction of sp³-hybridized carbons (Fsp3) is 0.500. The fourth-order valence-corrected chi connectivity index (χ4v) is 3.84. The van der Waals surface area contributed by atoms with Gasteiger partial charge >= 0.3 is 0 Å². The van der Waals surface area contributed by atoms with Crippen LogP contribution in [0.3, 0.4) is 0 Å². The molecule has 1 atom stereocenters. The summed E-state index contributed by atoms with van der Waals surface area (Å²) in [7, 11) is 0. The lowest BCUT2D eigenvalue weighted by molar-refractivity contribution is 0.0776. The zero-order chi connectivity index (χ0) is 13.5. The smallest absolute Gasteiger partial charge is 0.255 e. The fourth-order valence-electron chi connectivity index (χ4n) is 3.09. The second kappa shape index (κ2) is 6.22. The molecule has 0 saturated carbocycles. The average Bonchev–Trinajstić information content (AvgIpc) is 3.00. The Morgan fingerprint density at radius 3 is 2.85 bits per heavy atom. The molecule has 1 aromatic carbocycles. The van der Waals surface area contributed by atoms with Gasteiger partial charge in [-0.05, 0) is 37.6 Å². The van der Waals surface area contributed by atoms with Gasteiger partial charge in [-0.15, -0.1) is 12.4 Å². The predicted molar refractivity (Wildman–Crippen MR) is 86.8 cm³/mol. The molecule has 0 aromatic heterocycles. The maximum Gasteiger partial charge on any atom is 0.255 e. The molecule has 1 amide bonds. The minimum Gasteiger partial charge on any atom is -0.338 e. The van der Waals surface area contributed by atoms with Crippen molar-refractivity contribution in [2.45, 2.75) is 12.8 Å². The summed E-state index contributed by atoms with van der Waals surface area (Å²) >= 11 is 9.52. The first-order chi connectivity index (χ1) is 9.10. The van der Waals surface area contributed by atoms with E-state index >= 15 is 0 Å². The van der Waals surface area contributed by atoms with Gasteiger partial charge in [-0.3, -0.25) is 4.79 Å². The molecule has 0 radical (unpaired) electrons. The van der Waals surface area contributed by atoms with Crippen molar-refractivity contribution in [2.24, 2.45) is 5.41 Å². The van der Waals surface area contributed by atoms with Crippen molar-refractivity contribution in [3.8, 4) is 0 Å². The van der Waals surface area contributed by atoms with E-state index in [1.54, 1.807) is 12.1 Å². The van der Waals surface area contributed by atoms with E-state index in [2.05, 4.69) is 21.2 Å². The minimum atomic E-state index is 0. The number of rotatable bonds is 1. The molecule has 2 aliphatic rings. The Hall–Kier alpha value is -0.290. The van der Waals surface area contributed by atoms with Crippen LogP contribution in [-0.4, -0.2) is 37.0 Å².